The summed E-state index contributed by atoms with van der Waals surface area (Å²) < 4.78 is 1.83. The molecule has 0 saturated heterocycles. The van der Waals surface area contributed by atoms with Gasteiger partial charge in [-0.2, -0.15) is 5.10 Å². The van der Waals surface area contributed by atoms with Gasteiger partial charge in [0.15, 0.2) is 5.78 Å². The van der Waals surface area contributed by atoms with Crippen LogP contribution in [0.5, 0.6) is 0 Å². The second kappa shape index (κ2) is 4.08. The lowest BCUT2D eigenvalue weighted by Crippen LogP contribution is -2.01. The van der Waals surface area contributed by atoms with Crippen molar-refractivity contribution >= 4 is 16.7 Å². The normalized spacial score (nSPS) is 10.9. The predicted molar refractivity (Wildman–Crippen MR) is 64.7 cm³/mol. The molecule has 0 N–H and O–H groups in total. The Kier molecular flexibility index (Phi) is 2.77. The van der Waals surface area contributed by atoms with Crippen molar-refractivity contribution in [2.45, 2.75) is 26.7 Å². The zero-order valence-electron chi connectivity index (χ0n) is 9.95. The topological polar surface area (TPSA) is 34.9 Å². The second-order valence-electron chi connectivity index (χ2n) is 4.17. The highest BCUT2D eigenvalue weighted by Gasteiger charge is 2.10. The van der Waals surface area contributed by atoms with Gasteiger partial charge in [-0.05, 0) is 31.0 Å². The summed E-state index contributed by atoms with van der Waals surface area (Å²) in [6, 6.07) is 3.99. The van der Waals surface area contributed by atoms with E-state index in [1.165, 1.54) is 0 Å². The van der Waals surface area contributed by atoms with Crippen LogP contribution in [0.15, 0.2) is 18.3 Å². The molecular weight excluding hydrogens is 200 g/mol. The Labute approximate surface area is 95.1 Å². The average Bonchev–Trinajstić information content (AvgIpc) is 2.59. The van der Waals surface area contributed by atoms with Gasteiger partial charge in [0.05, 0.1) is 11.7 Å². The van der Waals surface area contributed by atoms with Gasteiger partial charge in [0.2, 0.25) is 0 Å². The Hall–Kier alpha value is -1.64. The van der Waals surface area contributed by atoms with Crippen LogP contribution in [-0.2, 0) is 7.05 Å². The zero-order chi connectivity index (χ0) is 11.7. The average molecular weight is 216 g/mol. The number of rotatable bonds is 3. The molecule has 0 bridgehead atoms. The lowest BCUT2D eigenvalue weighted by atomic mass is 10.00. The molecule has 0 aliphatic heterocycles. The molecule has 84 valence electrons. The lowest BCUT2D eigenvalue weighted by Gasteiger charge is -2.05. The van der Waals surface area contributed by atoms with Crippen molar-refractivity contribution < 1.29 is 4.79 Å². The summed E-state index contributed by atoms with van der Waals surface area (Å²) >= 11 is 0. The first-order valence-electron chi connectivity index (χ1n) is 5.59. The number of fused-ring (bicyclic) bond motifs is 1. The number of carbonyl (C=O) groups is 1. The van der Waals surface area contributed by atoms with Crippen LogP contribution in [0.1, 0.15) is 35.7 Å². The van der Waals surface area contributed by atoms with E-state index in [4.69, 9.17) is 0 Å². The maximum absolute atomic E-state index is 11.9. The number of aryl methyl sites for hydroxylation is 2. The first-order valence-corrected chi connectivity index (χ1v) is 5.59. The maximum Gasteiger partial charge on any atom is 0.163 e. The van der Waals surface area contributed by atoms with Crippen molar-refractivity contribution in [3.05, 3.63) is 29.5 Å². The van der Waals surface area contributed by atoms with Gasteiger partial charge >= 0.3 is 0 Å². The van der Waals surface area contributed by atoms with E-state index in [0.29, 0.717) is 6.42 Å². The Bertz CT molecular complexity index is 540. The predicted octanol–water partition coefficient (Wildman–Crippen LogP) is 2.86. The van der Waals surface area contributed by atoms with Gasteiger partial charge in [-0.1, -0.05) is 6.92 Å². The molecule has 1 aromatic carbocycles. The van der Waals surface area contributed by atoms with E-state index < -0.39 is 0 Å². The molecule has 3 heteroatoms. The summed E-state index contributed by atoms with van der Waals surface area (Å²) in [7, 11) is 1.91. The number of Topliss-reactive ketones (excluding diaryl/α,β-unsaturated/α-hetero) is 1. The summed E-state index contributed by atoms with van der Waals surface area (Å²) in [4.78, 5) is 11.9. The van der Waals surface area contributed by atoms with Crippen molar-refractivity contribution in [1.29, 1.82) is 0 Å². The number of nitrogens with zero attached hydrogens (tertiary/aromatic N) is 2. The fourth-order valence-corrected chi connectivity index (χ4v) is 1.97. The van der Waals surface area contributed by atoms with Gasteiger partial charge in [0, 0.05) is 24.4 Å². The van der Waals surface area contributed by atoms with Gasteiger partial charge in [-0.3, -0.25) is 9.48 Å². The Balaban J connectivity index is 2.54. The number of hydrogen-bond acceptors (Lipinski definition) is 2. The van der Waals surface area contributed by atoms with Gasteiger partial charge < -0.3 is 0 Å². The highest BCUT2D eigenvalue weighted by Crippen LogP contribution is 2.20. The highest BCUT2D eigenvalue weighted by molar-refractivity contribution is 6.00. The molecule has 0 fully saturated rings. The SMILES string of the molecule is CCCC(=O)c1cc2cnn(C)c2cc1C. The standard InChI is InChI=1S/C13H16N2O/c1-4-5-13(16)11-7-10-8-14-15(3)12(10)6-9(11)2/h6-8H,4-5H2,1-3H3. The summed E-state index contributed by atoms with van der Waals surface area (Å²) in [6.07, 6.45) is 3.31. The van der Waals surface area contributed by atoms with Crippen molar-refractivity contribution in [3.8, 4) is 0 Å². The van der Waals surface area contributed by atoms with Crippen LogP contribution in [0, 0.1) is 6.92 Å². The van der Waals surface area contributed by atoms with E-state index in [1.807, 2.05) is 37.7 Å². The fourth-order valence-electron chi connectivity index (χ4n) is 1.97. The number of benzene rings is 1. The zero-order valence-corrected chi connectivity index (χ0v) is 9.95. The molecule has 0 amide bonds. The molecule has 0 unspecified atom stereocenters. The Morgan fingerprint density at radius 1 is 1.44 bits per heavy atom. The van der Waals surface area contributed by atoms with Crippen LogP contribution in [0.25, 0.3) is 10.9 Å². The number of hydrogen-bond donors (Lipinski definition) is 0. The summed E-state index contributed by atoms with van der Waals surface area (Å²) in [5.41, 5.74) is 2.95. The van der Waals surface area contributed by atoms with E-state index in [2.05, 4.69) is 5.10 Å². The summed E-state index contributed by atoms with van der Waals surface area (Å²) in [5, 5.41) is 5.22. The number of carbonyl (C=O) groups excluding carboxylic acids is 1. The van der Waals surface area contributed by atoms with Gasteiger partial charge in [0.25, 0.3) is 0 Å². The smallest absolute Gasteiger partial charge is 0.163 e. The third kappa shape index (κ3) is 1.73. The van der Waals surface area contributed by atoms with E-state index in [0.717, 1.165) is 28.5 Å². The van der Waals surface area contributed by atoms with Crippen LogP contribution < -0.4 is 0 Å². The van der Waals surface area contributed by atoms with Crippen LogP contribution in [0.2, 0.25) is 0 Å². The molecule has 0 aliphatic carbocycles. The van der Waals surface area contributed by atoms with Crippen LogP contribution in [0.4, 0.5) is 0 Å². The van der Waals surface area contributed by atoms with Gasteiger partial charge in [0.1, 0.15) is 0 Å². The third-order valence-electron chi connectivity index (χ3n) is 2.87. The third-order valence-corrected chi connectivity index (χ3v) is 2.87. The molecule has 1 aromatic heterocycles. The monoisotopic (exact) mass is 216 g/mol. The molecule has 2 rings (SSSR count). The molecule has 0 radical (unpaired) electrons. The molecule has 16 heavy (non-hydrogen) atoms. The van der Waals surface area contributed by atoms with Crippen LogP contribution >= 0.6 is 0 Å². The fraction of sp³-hybridized carbons (Fsp3) is 0.385. The van der Waals surface area contributed by atoms with E-state index in [-0.39, 0.29) is 5.78 Å². The minimum Gasteiger partial charge on any atom is -0.294 e. The number of aromatic nitrogens is 2. The van der Waals surface area contributed by atoms with Gasteiger partial charge in [-0.15, -0.1) is 0 Å². The largest absolute Gasteiger partial charge is 0.294 e. The Morgan fingerprint density at radius 3 is 2.88 bits per heavy atom. The van der Waals surface area contributed by atoms with E-state index >= 15 is 0 Å². The molecular formula is C13H16N2O. The second-order valence-corrected chi connectivity index (χ2v) is 4.17. The summed E-state index contributed by atoms with van der Waals surface area (Å²) in [6.45, 7) is 4.01. The number of ketones is 1. The van der Waals surface area contributed by atoms with Crippen molar-refractivity contribution in [2.24, 2.45) is 7.05 Å². The van der Waals surface area contributed by atoms with Crippen molar-refractivity contribution in [1.82, 2.24) is 9.78 Å². The first-order chi connectivity index (χ1) is 7.63. The molecule has 0 saturated carbocycles. The van der Waals surface area contributed by atoms with E-state index in [9.17, 15) is 4.79 Å². The van der Waals surface area contributed by atoms with Crippen molar-refractivity contribution in [2.75, 3.05) is 0 Å². The summed E-state index contributed by atoms with van der Waals surface area (Å²) in [5.74, 6) is 0.228. The van der Waals surface area contributed by atoms with Crippen LogP contribution in [0.3, 0.4) is 0 Å². The molecule has 0 atom stereocenters. The quantitative estimate of drug-likeness (QED) is 0.739. The minimum absolute atomic E-state index is 0.228. The molecule has 3 nitrogen and oxygen atoms in total. The van der Waals surface area contributed by atoms with E-state index in [1.54, 1.807) is 6.20 Å². The first kappa shape index (κ1) is 10.9. The minimum atomic E-state index is 0.228. The molecule has 1 heterocycles. The molecule has 2 aromatic rings. The van der Waals surface area contributed by atoms with Gasteiger partial charge in [-0.25, -0.2) is 0 Å². The maximum atomic E-state index is 11.9. The molecule has 0 aliphatic rings. The van der Waals surface area contributed by atoms with Crippen LogP contribution in [-0.4, -0.2) is 15.6 Å². The lowest BCUT2D eigenvalue weighted by molar-refractivity contribution is 0.0981. The molecule has 0 spiro atoms. The highest BCUT2D eigenvalue weighted by atomic mass is 16.1. The Morgan fingerprint density at radius 2 is 2.19 bits per heavy atom. The van der Waals surface area contributed by atoms with Crippen molar-refractivity contribution in [3.63, 3.8) is 0 Å².